The lowest BCUT2D eigenvalue weighted by Gasteiger charge is -2.26. The average Bonchev–Trinajstić information content (AvgIpc) is 2.87. The molecule has 116 valence electrons. The largest absolute Gasteiger partial charge is 0.341 e. The summed E-state index contributed by atoms with van der Waals surface area (Å²) in [5, 5.41) is 7.79. The second kappa shape index (κ2) is 5.76. The van der Waals surface area contributed by atoms with Gasteiger partial charge < -0.3 is 10.2 Å². The number of nitrogens with zero attached hydrogens (tertiary/aromatic N) is 3. The van der Waals surface area contributed by atoms with Gasteiger partial charge in [0, 0.05) is 39.0 Å². The van der Waals surface area contributed by atoms with Gasteiger partial charge in [-0.3, -0.25) is 9.48 Å². The van der Waals surface area contributed by atoms with Crippen molar-refractivity contribution in [1.82, 2.24) is 20.0 Å². The van der Waals surface area contributed by atoms with Crippen LogP contribution in [0.2, 0.25) is 0 Å². The Morgan fingerprint density at radius 3 is 2.76 bits per heavy atom. The molecule has 0 aliphatic carbocycles. The molecule has 1 amide bonds. The van der Waals surface area contributed by atoms with Crippen molar-refractivity contribution in [2.75, 3.05) is 31.1 Å². The summed E-state index contributed by atoms with van der Waals surface area (Å²) in [4.78, 5) is 13.8. The van der Waals surface area contributed by atoms with Gasteiger partial charge in [-0.05, 0) is 6.07 Å². The van der Waals surface area contributed by atoms with Crippen molar-refractivity contribution in [2.24, 2.45) is 0 Å². The van der Waals surface area contributed by atoms with Crippen LogP contribution in [0.15, 0.2) is 6.07 Å². The van der Waals surface area contributed by atoms with E-state index in [1.807, 2.05) is 10.7 Å². The Kier molecular flexibility index (Phi) is 3.99. The van der Waals surface area contributed by atoms with E-state index in [-0.39, 0.29) is 17.4 Å². The van der Waals surface area contributed by atoms with Gasteiger partial charge in [-0.2, -0.15) is 5.10 Å². The third-order valence-corrected chi connectivity index (χ3v) is 5.62. The number of aryl methyl sites for hydroxylation is 1. The first-order valence-corrected chi connectivity index (χ1v) is 9.10. The monoisotopic (exact) mass is 312 g/mol. The quantitative estimate of drug-likeness (QED) is 0.788. The van der Waals surface area contributed by atoms with E-state index in [0.717, 1.165) is 31.0 Å². The van der Waals surface area contributed by atoms with Crippen LogP contribution in [0, 0.1) is 0 Å². The van der Waals surface area contributed by atoms with E-state index in [9.17, 15) is 13.2 Å². The van der Waals surface area contributed by atoms with Gasteiger partial charge in [-0.15, -0.1) is 0 Å². The van der Waals surface area contributed by atoms with Gasteiger partial charge in [-0.25, -0.2) is 8.42 Å². The SMILES string of the molecule is O=C(CCc1cc2n(n1)CCNC2)N1CCS(=O)(=O)CC1. The standard InChI is InChI=1S/C13H20N4O3S/c18-13(16-5-7-21(19,20)8-6-16)2-1-11-9-12-10-14-3-4-17(12)15-11/h9,14H,1-8,10H2. The molecule has 3 rings (SSSR count). The lowest BCUT2D eigenvalue weighted by atomic mass is 10.2. The molecule has 0 unspecified atom stereocenters. The van der Waals surface area contributed by atoms with E-state index in [1.54, 1.807) is 4.90 Å². The highest BCUT2D eigenvalue weighted by atomic mass is 32.2. The minimum absolute atomic E-state index is 0.0222. The summed E-state index contributed by atoms with van der Waals surface area (Å²) in [6, 6.07) is 2.04. The van der Waals surface area contributed by atoms with Gasteiger partial charge in [0.2, 0.25) is 5.91 Å². The van der Waals surface area contributed by atoms with Crippen LogP contribution >= 0.6 is 0 Å². The van der Waals surface area contributed by atoms with Gasteiger partial charge in [0.05, 0.1) is 29.4 Å². The van der Waals surface area contributed by atoms with Crippen LogP contribution in [-0.2, 0) is 34.1 Å². The third-order valence-electron chi connectivity index (χ3n) is 4.01. The van der Waals surface area contributed by atoms with E-state index in [1.165, 1.54) is 0 Å². The molecular weight excluding hydrogens is 292 g/mol. The molecule has 1 saturated heterocycles. The molecule has 0 saturated carbocycles. The fraction of sp³-hybridized carbons (Fsp3) is 0.692. The summed E-state index contributed by atoms with van der Waals surface area (Å²) < 4.78 is 24.7. The molecule has 21 heavy (non-hydrogen) atoms. The van der Waals surface area contributed by atoms with Crippen LogP contribution < -0.4 is 5.32 Å². The van der Waals surface area contributed by atoms with Crippen molar-refractivity contribution in [2.45, 2.75) is 25.9 Å². The zero-order valence-corrected chi connectivity index (χ0v) is 12.7. The van der Waals surface area contributed by atoms with Gasteiger partial charge in [0.1, 0.15) is 0 Å². The van der Waals surface area contributed by atoms with Crippen LogP contribution in [0.3, 0.4) is 0 Å². The minimum Gasteiger partial charge on any atom is -0.341 e. The van der Waals surface area contributed by atoms with E-state index in [0.29, 0.717) is 25.9 Å². The third kappa shape index (κ3) is 3.44. The topological polar surface area (TPSA) is 84.3 Å². The average molecular weight is 312 g/mol. The zero-order chi connectivity index (χ0) is 14.9. The Morgan fingerprint density at radius 1 is 1.29 bits per heavy atom. The molecular formula is C13H20N4O3S. The zero-order valence-electron chi connectivity index (χ0n) is 11.9. The molecule has 8 heteroatoms. The van der Waals surface area contributed by atoms with Crippen LogP contribution in [0.4, 0.5) is 0 Å². The number of rotatable bonds is 3. The van der Waals surface area contributed by atoms with E-state index in [4.69, 9.17) is 0 Å². The highest BCUT2D eigenvalue weighted by molar-refractivity contribution is 7.91. The van der Waals surface area contributed by atoms with Crippen molar-refractivity contribution in [3.63, 3.8) is 0 Å². The Labute approximate surface area is 124 Å². The second-order valence-corrected chi connectivity index (χ2v) is 7.86. The van der Waals surface area contributed by atoms with Gasteiger partial charge in [0.15, 0.2) is 9.84 Å². The molecule has 1 fully saturated rings. The number of nitrogens with one attached hydrogen (secondary N) is 1. The Balaban J connectivity index is 1.53. The van der Waals surface area contributed by atoms with Gasteiger partial charge >= 0.3 is 0 Å². The summed E-state index contributed by atoms with van der Waals surface area (Å²) in [5.41, 5.74) is 2.10. The molecule has 0 radical (unpaired) electrons. The lowest BCUT2D eigenvalue weighted by Crippen LogP contribution is -2.43. The molecule has 0 aromatic carbocycles. The predicted molar refractivity (Wildman–Crippen MR) is 77.5 cm³/mol. The second-order valence-electron chi connectivity index (χ2n) is 5.56. The fourth-order valence-corrected chi connectivity index (χ4v) is 3.93. The molecule has 0 atom stereocenters. The number of hydrogen-bond donors (Lipinski definition) is 1. The van der Waals surface area contributed by atoms with Crippen molar-refractivity contribution in [1.29, 1.82) is 0 Å². The molecule has 7 nitrogen and oxygen atoms in total. The maximum Gasteiger partial charge on any atom is 0.223 e. The molecule has 3 heterocycles. The number of aromatic nitrogens is 2. The van der Waals surface area contributed by atoms with Crippen LogP contribution in [0.25, 0.3) is 0 Å². The summed E-state index contributed by atoms with van der Waals surface area (Å²) >= 11 is 0. The molecule has 0 spiro atoms. The number of amides is 1. The van der Waals surface area contributed by atoms with Crippen LogP contribution in [0.1, 0.15) is 17.8 Å². The Hall–Kier alpha value is -1.41. The maximum atomic E-state index is 12.1. The summed E-state index contributed by atoms with van der Waals surface area (Å²) in [7, 11) is -2.93. The van der Waals surface area contributed by atoms with Crippen molar-refractivity contribution in [3.8, 4) is 0 Å². The lowest BCUT2D eigenvalue weighted by molar-refractivity contribution is -0.130. The number of fused-ring (bicyclic) bond motifs is 1. The molecule has 2 aliphatic heterocycles. The van der Waals surface area contributed by atoms with E-state index < -0.39 is 9.84 Å². The Bertz CT molecular complexity index is 600. The van der Waals surface area contributed by atoms with Crippen LogP contribution in [-0.4, -0.2) is 60.1 Å². The molecule has 1 aromatic heterocycles. The normalized spacial score (nSPS) is 21.0. The van der Waals surface area contributed by atoms with Gasteiger partial charge in [-0.1, -0.05) is 0 Å². The van der Waals surface area contributed by atoms with Crippen LogP contribution in [0.5, 0.6) is 0 Å². The van der Waals surface area contributed by atoms with Crippen molar-refractivity contribution >= 4 is 15.7 Å². The first kappa shape index (κ1) is 14.5. The smallest absolute Gasteiger partial charge is 0.223 e. The summed E-state index contributed by atoms with van der Waals surface area (Å²) in [6.07, 6.45) is 1.01. The minimum atomic E-state index is -2.93. The number of carbonyl (C=O) groups is 1. The maximum absolute atomic E-state index is 12.1. The van der Waals surface area contributed by atoms with Crippen molar-refractivity contribution in [3.05, 3.63) is 17.5 Å². The van der Waals surface area contributed by atoms with E-state index >= 15 is 0 Å². The summed E-state index contributed by atoms with van der Waals surface area (Å²) in [5.74, 6) is 0.195. The summed E-state index contributed by atoms with van der Waals surface area (Å²) in [6.45, 7) is 3.27. The molecule has 2 aliphatic rings. The van der Waals surface area contributed by atoms with Gasteiger partial charge in [0.25, 0.3) is 0 Å². The Morgan fingerprint density at radius 2 is 2.05 bits per heavy atom. The molecule has 1 N–H and O–H groups in total. The van der Waals surface area contributed by atoms with Crippen molar-refractivity contribution < 1.29 is 13.2 Å². The highest BCUT2D eigenvalue weighted by Crippen LogP contribution is 2.11. The first-order valence-electron chi connectivity index (χ1n) is 7.28. The van der Waals surface area contributed by atoms with E-state index in [2.05, 4.69) is 10.4 Å². The molecule has 0 bridgehead atoms. The number of sulfone groups is 1. The first-order chi connectivity index (χ1) is 10.0. The number of carbonyl (C=O) groups excluding carboxylic acids is 1. The highest BCUT2D eigenvalue weighted by Gasteiger charge is 2.24. The number of hydrogen-bond acceptors (Lipinski definition) is 5. The predicted octanol–water partition coefficient (Wildman–Crippen LogP) is -0.824. The molecule has 1 aromatic rings. The fourth-order valence-electron chi connectivity index (χ4n) is 2.73.